The number of hydrogen-bond donors (Lipinski definition) is 2. The molecule has 1 atom stereocenters. The standard InChI is InChI=1S/C23H24FN5O2S/c1-14-9-10-17(12-18(14)24)25-23(31)29-11-5-7-16(13-29)21-27-28-22(32-21)20(30)26-19-8-4-3-6-15(19)2/h3-4,6,8-10,12,16H,5,7,11,13H2,1-2H3,(H,25,31)(H,26,30)/t16-/m0/s1. The Morgan fingerprint density at radius 1 is 1.09 bits per heavy atom. The third-order valence-corrected chi connectivity index (χ3v) is 6.59. The van der Waals surface area contributed by atoms with Crippen LogP contribution in [0.5, 0.6) is 0 Å². The molecule has 9 heteroatoms. The molecule has 1 aromatic heterocycles. The van der Waals surface area contributed by atoms with Gasteiger partial charge >= 0.3 is 6.03 Å². The van der Waals surface area contributed by atoms with Crippen LogP contribution in [0.3, 0.4) is 0 Å². The zero-order valence-corrected chi connectivity index (χ0v) is 18.7. The maximum atomic E-state index is 13.8. The molecule has 3 aromatic rings. The zero-order chi connectivity index (χ0) is 22.7. The number of hydrogen-bond acceptors (Lipinski definition) is 5. The van der Waals surface area contributed by atoms with Crippen molar-refractivity contribution >= 4 is 34.6 Å². The first-order valence-corrected chi connectivity index (χ1v) is 11.2. The number of amides is 3. The van der Waals surface area contributed by atoms with Crippen LogP contribution in [0.15, 0.2) is 42.5 Å². The minimum Gasteiger partial charge on any atom is -0.324 e. The van der Waals surface area contributed by atoms with Crippen LogP contribution in [0, 0.1) is 19.7 Å². The first-order valence-electron chi connectivity index (χ1n) is 10.4. The van der Waals surface area contributed by atoms with Crippen LogP contribution >= 0.6 is 11.3 Å². The normalized spacial score (nSPS) is 16.0. The molecule has 2 heterocycles. The molecule has 0 unspecified atom stereocenters. The van der Waals surface area contributed by atoms with Gasteiger partial charge in [-0.3, -0.25) is 4.79 Å². The average molecular weight is 454 g/mol. The monoisotopic (exact) mass is 453 g/mol. The highest BCUT2D eigenvalue weighted by Gasteiger charge is 2.28. The van der Waals surface area contributed by atoms with Gasteiger partial charge in [0.2, 0.25) is 5.01 Å². The molecule has 1 saturated heterocycles. The molecule has 1 aliphatic rings. The Hall–Kier alpha value is -3.33. The summed E-state index contributed by atoms with van der Waals surface area (Å²) in [5, 5.41) is 14.9. The fourth-order valence-corrected chi connectivity index (χ4v) is 4.48. The molecule has 32 heavy (non-hydrogen) atoms. The maximum absolute atomic E-state index is 13.8. The van der Waals surface area contributed by atoms with E-state index in [-0.39, 0.29) is 23.7 Å². The van der Waals surface area contributed by atoms with Crippen LogP contribution in [0.2, 0.25) is 0 Å². The molecule has 3 amide bonds. The lowest BCUT2D eigenvalue weighted by Crippen LogP contribution is -2.41. The molecule has 0 aliphatic carbocycles. The molecular weight excluding hydrogens is 429 g/mol. The lowest BCUT2D eigenvalue weighted by molar-refractivity contribution is 0.102. The van der Waals surface area contributed by atoms with E-state index in [1.54, 1.807) is 24.0 Å². The third kappa shape index (κ3) is 4.94. The molecule has 0 saturated carbocycles. The summed E-state index contributed by atoms with van der Waals surface area (Å²) in [6.07, 6.45) is 1.67. The Morgan fingerprint density at radius 2 is 1.91 bits per heavy atom. The molecule has 4 rings (SSSR count). The Bertz CT molecular complexity index is 1150. The van der Waals surface area contributed by atoms with Gasteiger partial charge in [0.05, 0.1) is 0 Å². The van der Waals surface area contributed by atoms with E-state index in [1.807, 2.05) is 31.2 Å². The summed E-state index contributed by atoms with van der Waals surface area (Å²) in [5.74, 6) is -0.652. The molecule has 1 fully saturated rings. The van der Waals surface area contributed by atoms with E-state index in [4.69, 9.17) is 0 Å². The number of anilines is 2. The number of piperidine rings is 1. The summed E-state index contributed by atoms with van der Waals surface area (Å²) < 4.78 is 13.8. The van der Waals surface area contributed by atoms with Crippen molar-refractivity contribution in [2.75, 3.05) is 23.7 Å². The number of benzene rings is 2. The maximum Gasteiger partial charge on any atom is 0.321 e. The summed E-state index contributed by atoms with van der Waals surface area (Å²) in [7, 11) is 0. The molecule has 0 spiro atoms. The van der Waals surface area contributed by atoms with E-state index in [9.17, 15) is 14.0 Å². The Morgan fingerprint density at radius 3 is 2.69 bits per heavy atom. The molecular formula is C23H24FN5O2S. The van der Waals surface area contributed by atoms with Gasteiger partial charge in [-0.2, -0.15) is 0 Å². The van der Waals surface area contributed by atoms with Gasteiger partial charge in [-0.1, -0.05) is 35.6 Å². The van der Waals surface area contributed by atoms with Crippen LogP contribution in [0.4, 0.5) is 20.6 Å². The predicted octanol–water partition coefficient (Wildman–Crippen LogP) is 4.96. The summed E-state index contributed by atoms with van der Waals surface area (Å²) in [6.45, 7) is 4.67. The van der Waals surface area contributed by atoms with Gasteiger partial charge in [-0.05, 0) is 56.0 Å². The number of urea groups is 1. The Kier molecular flexibility index (Phi) is 6.45. The van der Waals surface area contributed by atoms with Gasteiger partial charge in [-0.25, -0.2) is 9.18 Å². The minimum absolute atomic E-state index is 0.00163. The topological polar surface area (TPSA) is 87.2 Å². The third-order valence-electron chi connectivity index (χ3n) is 5.51. The molecule has 1 aliphatic heterocycles. The molecule has 2 N–H and O–H groups in total. The smallest absolute Gasteiger partial charge is 0.321 e. The van der Waals surface area contributed by atoms with E-state index in [1.165, 1.54) is 17.4 Å². The van der Waals surface area contributed by atoms with Crippen molar-refractivity contribution in [2.45, 2.75) is 32.6 Å². The number of carbonyl (C=O) groups is 2. The molecule has 0 bridgehead atoms. The number of aryl methyl sites for hydroxylation is 2. The van der Waals surface area contributed by atoms with E-state index >= 15 is 0 Å². The lowest BCUT2D eigenvalue weighted by Gasteiger charge is -2.31. The zero-order valence-electron chi connectivity index (χ0n) is 17.9. The van der Waals surface area contributed by atoms with Gasteiger partial charge in [0.15, 0.2) is 0 Å². The summed E-state index contributed by atoms with van der Waals surface area (Å²) in [5.41, 5.74) is 2.65. The van der Waals surface area contributed by atoms with Gasteiger partial charge in [0.1, 0.15) is 10.8 Å². The largest absolute Gasteiger partial charge is 0.324 e. The lowest BCUT2D eigenvalue weighted by atomic mass is 9.99. The van der Waals surface area contributed by atoms with Crippen LogP contribution < -0.4 is 10.6 Å². The quantitative estimate of drug-likeness (QED) is 0.585. The van der Waals surface area contributed by atoms with E-state index in [2.05, 4.69) is 20.8 Å². The van der Waals surface area contributed by atoms with Gasteiger partial charge in [-0.15, -0.1) is 10.2 Å². The predicted molar refractivity (Wildman–Crippen MR) is 123 cm³/mol. The van der Waals surface area contributed by atoms with Crippen molar-refractivity contribution in [3.05, 3.63) is 69.4 Å². The molecule has 0 radical (unpaired) electrons. The van der Waals surface area contributed by atoms with Gasteiger partial charge < -0.3 is 15.5 Å². The SMILES string of the molecule is Cc1ccc(NC(=O)N2CCC[C@H](c3nnc(C(=O)Nc4ccccc4C)s3)C2)cc1F. The molecule has 7 nitrogen and oxygen atoms in total. The van der Waals surface area contributed by atoms with E-state index < -0.39 is 0 Å². The number of para-hydroxylation sites is 1. The second kappa shape index (κ2) is 9.44. The molecule has 2 aromatic carbocycles. The average Bonchev–Trinajstić information content (AvgIpc) is 3.28. The minimum atomic E-state index is -0.357. The number of carbonyl (C=O) groups excluding carboxylic acids is 2. The fraction of sp³-hybridized carbons (Fsp3) is 0.304. The summed E-state index contributed by atoms with van der Waals surface area (Å²) >= 11 is 1.25. The van der Waals surface area contributed by atoms with Crippen LogP contribution in [-0.2, 0) is 0 Å². The van der Waals surface area contributed by atoms with Crippen molar-refractivity contribution < 1.29 is 14.0 Å². The first kappa shape index (κ1) is 21.9. The second-order valence-corrected chi connectivity index (χ2v) is 8.90. The van der Waals surface area contributed by atoms with Gasteiger partial charge in [0, 0.05) is 30.4 Å². The highest BCUT2D eigenvalue weighted by atomic mass is 32.1. The summed E-state index contributed by atoms with van der Waals surface area (Å²) in [4.78, 5) is 27.0. The van der Waals surface area contributed by atoms with Crippen LogP contribution in [-0.4, -0.2) is 40.1 Å². The Balaban J connectivity index is 1.39. The number of nitrogens with one attached hydrogen (secondary N) is 2. The summed E-state index contributed by atoms with van der Waals surface area (Å²) in [6, 6.07) is 11.9. The van der Waals surface area contributed by atoms with E-state index in [0.717, 1.165) is 29.1 Å². The first-order chi connectivity index (χ1) is 15.4. The van der Waals surface area contributed by atoms with E-state index in [0.29, 0.717) is 29.3 Å². The van der Waals surface area contributed by atoms with Crippen molar-refractivity contribution in [1.82, 2.24) is 15.1 Å². The Labute approximate surface area is 189 Å². The van der Waals surface area contributed by atoms with Crippen molar-refractivity contribution in [2.24, 2.45) is 0 Å². The van der Waals surface area contributed by atoms with Crippen LogP contribution in [0.1, 0.15) is 44.7 Å². The highest BCUT2D eigenvalue weighted by Crippen LogP contribution is 2.30. The van der Waals surface area contributed by atoms with Crippen LogP contribution in [0.25, 0.3) is 0 Å². The van der Waals surface area contributed by atoms with Crippen molar-refractivity contribution in [3.8, 4) is 0 Å². The highest BCUT2D eigenvalue weighted by molar-refractivity contribution is 7.13. The fourth-order valence-electron chi connectivity index (χ4n) is 3.62. The number of rotatable bonds is 4. The number of aromatic nitrogens is 2. The number of likely N-dealkylation sites (tertiary alicyclic amines) is 1. The van der Waals surface area contributed by atoms with Crippen molar-refractivity contribution in [3.63, 3.8) is 0 Å². The second-order valence-electron chi connectivity index (χ2n) is 7.89. The number of nitrogens with zero attached hydrogens (tertiary/aromatic N) is 3. The molecule has 166 valence electrons. The van der Waals surface area contributed by atoms with Crippen molar-refractivity contribution in [1.29, 1.82) is 0 Å². The number of halogens is 1. The van der Waals surface area contributed by atoms with Gasteiger partial charge in [0.25, 0.3) is 5.91 Å².